The largest absolute Gasteiger partial charge is 0.549 e. The minimum Gasteiger partial charge on any atom is -0.549 e. The molecule has 0 saturated carbocycles. The third-order valence-corrected chi connectivity index (χ3v) is 3.30. The second kappa shape index (κ2) is 5.85. The fourth-order valence-corrected chi connectivity index (χ4v) is 1.84. The number of carboxylic acid groups (broad SMARTS) is 2. The van der Waals surface area contributed by atoms with E-state index >= 15 is 0 Å². The van der Waals surface area contributed by atoms with Crippen molar-refractivity contribution in [1.29, 1.82) is 0 Å². The first-order valence-electron chi connectivity index (χ1n) is 4.10. The van der Waals surface area contributed by atoms with Gasteiger partial charge in [0.1, 0.15) is 0 Å². The Balaban J connectivity index is 4.19. The zero-order valence-electron chi connectivity index (χ0n) is 7.61. The van der Waals surface area contributed by atoms with Crippen LogP contribution in [0.2, 0.25) is 0 Å². The summed E-state index contributed by atoms with van der Waals surface area (Å²) in [6.07, 6.45) is 0.716. The molecule has 5 heteroatoms. The molecule has 0 rings (SSSR count). The average Bonchev–Trinajstić information content (AvgIpc) is 2.05. The number of carboxylic acids is 2. The summed E-state index contributed by atoms with van der Waals surface area (Å²) in [7, 11) is 0. The number of carbonyl (C=O) groups is 2. The van der Waals surface area contributed by atoms with Gasteiger partial charge >= 0.3 is 0 Å². The minimum absolute atomic E-state index is 0.358. The van der Waals surface area contributed by atoms with Gasteiger partial charge < -0.3 is 19.8 Å². The Kier molecular flexibility index (Phi) is 5.53. The van der Waals surface area contributed by atoms with Crippen molar-refractivity contribution in [1.82, 2.24) is 0 Å². The van der Waals surface area contributed by atoms with Crippen LogP contribution in [-0.4, -0.2) is 22.4 Å². The molecular formula is C8H12O4S-2. The Morgan fingerprint density at radius 1 is 1.08 bits per heavy atom. The number of hydrogen-bond donors (Lipinski definition) is 0. The number of carbonyl (C=O) groups excluding carboxylic acids is 2. The fraction of sp³-hybridized carbons (Fsp3) is 0.750. The first kappa shape index (κ1) is 12.3. The van der Waals surface area contributed by atoms with Crippen LogP contribution in [0, 0.1) is 0 Å². The van der Waals surface area contributed by atoms with E-state index in [9.17, 15) is 19.8 Å². The summed E-state index contributed by atoms with van der Waals surface area (Å²) in [5.74, 6) is -2.43. The van der Waals surface area contributed by atoms with E-state index in [1.54, 1.807) is 13.8 Å². The molecule has 2 unspecified atom stereocenters. The summed E-state index contributed by atoms with van der Waals surface area (Å²) >= 11 is 0.882. The van der Waals surface area contributed by atoms with Crippen LogP contribution in [0.4, 0.5) is 0 Å². The molecule has 0 radical (unpaired) electrons. The van der Waals surface area contributed by atoms with Crippen LogP contribution in [0.3, 0.4) is 0 Å². The highest BCUT2D eigenvalue weighted by molar-refractivity contribution is 8.01. The van der Waals surface area contributed by atoms with Gasteiger partial charge in [0.05, 0.1) is 11.9 Å². The summed E-state index contributed by atoms with van der Waals surface area (Å²) < 4.78 is 0. The molecule has 2 atom stereocenters. The minimum atomic E-state index is -1.22. The van der Waals surface area contributed by atoms with Gasteiger partial charge in [0.15, 0.2) is 0 Å². The third kappa shape index (κ3) is 4.17. The highest BCUT2D eigenvalue weighted by atomic mass is 32.2. The van der Waals surface area contributed by atoms with Gasteiger partial charge in [0, 0.05) is 10.5 Å². The Morgan fingerprint density at radius 2 is 1.38 bits per heavy atom. The zero-order chi connectivity index (χ0) is 10.4. The summed E-state index contributed by atoms with van der Waals surface area (Å²) in [6.45, 7) is 3.35. The Morgan fingerprint density at radius 3 is 1.54 bits per heavy atom. The molecule has 0 bridgehead atoms. The molecule has 0 heterocycles. The van der Waals surface area contributed by atoms with Crippen LogP contribution in [0.5, 0.6) is 0 Å². The molecule has 0 fully saturated rings. The van der Waals surface area contributed by atoms with E-state index in [4.69, 9.17) is 0 Å². The maximum atomic E-state index is 10.5. The van der Waals surface area contributed by atoms with Gasteiger partial charge in [-0.15, -0.1) is 11.8 Å². The van der Waals surface area contributed by atoms with Crippen molar-refractivity contribution in [3.63, 3.8) is 0 Å². The van der Waals surface area contributed by atoms with Crippen molar-refractivity contribution in [3.8, 4) is 0 Å². The molecule has 0 spiro atoms. The average molecular weight is 204 g/mol. The van der Waals surface area contributed by atoms with E-state index in [2.05, 4.69) is 0 Å². The van der Waals surface area contributed by atoms with E-state index in [1.807, 2.05) is 0 Å². The highest BCUT2D eigenvalue weighted by Gasteiger charge is 2.15. The smallest absolute Gasteiger partial charge is 0.0544 e. The summed E-state index contributed by atoms with van der Waals surface area (Å²) in [6, 6.07) is 0. The van der Waals surface area contributed by atoms with Gasteiger partial charge in [-0.1, -0.05) is 13.8 Å². The first-order chi connectivity index (χ1) is 6.02. The van der Waals surface area contributed by atoms with Gasteiger partial charge in [-0.25, -0.2) is 0 Å². The summed E-state index contributed by atoms with van der Waals surface area (Å²) in [4.78, 5) is 20.9. The van der Waals surface area contributed by atoms with E-state index in [0.717, 1.165) is 11.8 Å². The number of hydrogen-bond acceptors (Lipinski definition) is 5. The predicted molar refractivity (Wildman–Crippen MR) is 45.8 cm³/mol. The maximum Gasteiger partial charge on any atom is 0.0544 e. The molecular weight excluding hydrogens is 192 g/mol. The van der Waals surface area contributed by atoms with Crippen LogP contribution in [0.15, 0.2) is 0 Å². The van der Waals surface area contributed by atoms with Crippen LogP contribution in [-0.2, 0) is 9.59 Å². The Bertz CT molecular complexity index is 173. The molecule has 0 saturated heterocycles. The predicted octanol–water partition coefficient (Wildman–Crippen LogP) is -1.22. The van der Waals surface area contributed by atoms with Crippen LogP contribution in [0.25, 0.3) is 0 Å². The quantitative estimate of drug-likeness (QED) is 0.541. The lowest BCUT2D eigenvalue weighted by atomic mass is 10.3. The standard InChI is InChI=1S/C8H14O4S/c1-3-5(7(9)10)13-6(4-2)8(11)12/h5-6H,3-4H2,1-2H3,(H,9,10)(H,11,12)/p-2. The van der Waals surface area contributed by atoms with Gasteiger partial charge in [-0.3, -0.25) is 0 Å². The van der Waals surface area contributed by atoms with Gasteiger partial charge in [-0.2, -0.15) is 0 Å². The molecule has 13 heavy (non-hydrogen) atoms. The normalized spacial score (nSPS) is 14.9. The fourth-order valence-electron chi connectivity index (χ4n) is 0.835. The van der Waals surface area contributed by atoms with Crippen LogP contribution in [0.1, 0.15) is 26.7 Å². The zero-order valence-corrected chi connectivity index (χ0v) is 8.43. The molecule has 0 aromatic rings. The highest BCUT2D eigenvalue weighted by Crippen LogP contribution is 2.22. The molecule has 0 aliphatic rings. The van der Waals surface area contributed by atoms with Crippen molar-refractivity contribution in [2.45, 2.75) is 37.2 Å². The molecule has 0 amide bonds. The summed E-state index contributed by atoms with van der Waals surface area (Å²) in [5, 5.41) is 19.4. The van der Waals surface area contributed by atoms with Crippen molar-refractivity contribution in [3.05, 3.63) is 0 Å². The van der Waals surface area contributed by atoms with E-state index in [-0.39, 0.29) is 0 Å². The van der Waals surface area contributed by atoms with Gasteiger partial charge in [0.2, 0.25) is 0 Å². The third-order valence-electron chi connectivity index (χ3n) is 1.60. The van der Waals surface area contributed by atoms with Gasteiger partial charge in [-0.05, 0) is 12.8 Å². The molecule has 0 aromatic carbocycles. The number of rotatable bonds is 6. The summed E-state index contributed by atoms with van der Waals surface area (Å²) in [5.41, 5.74) is 0. The van der Waals surface area contributed by atoms with Gasteiger partial charge in [0.25, 0.3) is 0 Å². The van der Waals surface area contributed by atoms with Crippen LogP contribution >= 0.6 is 11.8 Å². The SMILES string of the molecule is CCC(SC(CC)C(=O)[O-])C(=O)[O-]. The first-order valence-corrected chi connectivity index (χ1v) is 5.04. The maximum absolute atomic E-state index is 10.5. The monoisotopic (exact) mass is 204 g/mol. The van der Waals surface area contributed by atoms with Crippen molar-refractivity contribution in [2.24, 2.45) is 0 Å². The van der Waals surface area contributed by atoms with Crippen molar-refractivity contribution >= 4 is 23.7 Å². The Hall–Kier alpha value is -0.710. The molecule has 0 aliphatic heterocycles. The van der Waals surface area contributed by atoms with E-state index < -0.39 is 22.4 Å². The molecule has 0 N–H and O–H groups in total. The van der Waals surface area contributed by atoms with Crippen molar-refractivity contribution in [2.75, 3.05) is 0 Å². The van der Waals surface area contributed by atoms with E-state index in [1.165, 1.54) is 0 Å². The molecule has 0 aliphatic carbocycles. The van der Waals surface area contributed by atoms with E-state index in [0.29, 0.717) is 12.8 Å². The lowest BCUT2D eigenvalue weighted by molar-refractivity contribution is -0.305. The Labute approximate surface area is 81.3 Å². The second-order valence-corrected chi connectivity index (χ2v) is 3.98. The molecule has 0 aromatic heterocycles. The van der Waals surface area contributed by atoms with Crippen LogP contribution < -0.4 is 10.2 Å². The number of aliphatic carboxylic acids is 2. The molecule has 76 valence electrons. The lowest BCUT2D eigenvalue weighted by Crippen LogP contribution is -2.39. The lowest BCUT2D eigenvalue weighted by Gasteiger charge is -2.22. The second-order valence-electron chi connectivity index (χ2n) is 2.57. The number of thioether (sulfide) groups is 1. The topological polar surface area (TPSA) is 80.3 Å². The molecule has 4 nitrogen and oxygen atoms in total. The van der Waals surface area contributed by atoms with Crippen molar-refractivity contribution < 1.29 is 19.8 Å².